The maximum absolute atomic E-state index is 4.52. The number of anilines is 2. The maximum atomic E-state index is 4.52. The van der Waals surface area contributed by atoms with E-state index in [1.807, 2.05) is 6.07 Å². The van der Waals surface area contributed by atoms with Gasteiger partial charge in [-0.05, 0) is 27.3 Å². The monoisotopic (exact) mass is 279 g/mol. The molecule has 1 rings (SSSR count). The third kappa shape index (κ3) is 5.33. The lowest BCUT2D eigenvalue weighted by molar-refractivity contribution is 0.261. The highest BCUT2D eigenvalue weighted by atomic mass is 15.1. The van der Waals surface area contributed by atoms with Crippen molar-refractivity contribution in [1.82, 2.24) is 14.9 Å². The van der Waals surface area contributed by atoms with E-state index in [1.165, 1.54) is 6.42 Å². The molecule has 114 valence electrons. The highest BCUT2D eigenvalue weighted by Gasteiger charge is 2.07. The fraction of sp³-hybridized carbons (Fsp3) is 0.733. The molecule has 0 aliphatic carbocycles. The minimum atomic E-state index is 0.616. The van der Waals surface area contributed by atoms with Gasteiger partial charge in [0.05, 0.1) is 0 Å². The number of rotatable bonds is 9. The molecule has 1 aromatic rings. The molecule has 1 unspecified atom stereocenters. The van der Waals surface area contributed by atoms with Gasteiger partial charge in [0.2, 0.25) is 0 Å². The van der Waals surface area contributed by atoms with E-state index in [1.54, 1.807) is 0 Å². The van der Waals surface area contributed by atoms with Crippen molar-refractivity contribution in [2.24, 2.45) is 0 Å². The lowest BCUT2D eigenvalue weighted by Crippen LogP contribution is -2.32. The number of nitrogens with one attached hydrogen (secondary N) is 2. The molecule has 5 heteroatoms. The summed E-state index contributed by atoms with van der Waals surface area (Å²) in [6, 6.07) is 2.59. The first-order valence-electron chi connectivity index (χ1n) is 7.66. The predicted molar refractivity (Wildman–Crippen MR) is 86.4 cm³/mol. The molecule has 5 nitrogen and oxygen atoms in total. The van der Waals surface area contributed by atoms with E-state index >= 15 is 0 Å². The summed E-state index contributed by atoms with van der Waals surface area (Å²) < 4.78 is 0. The van der Waals surface area contributed by atoms with Crippen LogP contribution in [-0.4, -0.2) is 47.6 Å². The van der Waals surface area contributed by atoms with E-state index in [0.29, 0.717) is 6.04 Å². The van der Waals surface area contributed by atoms with Crippen LogP contribution in [0, 0.1) is 0 Å². The molecule has 0 aliphatic heterocycles. The lowest BCUT2D eigenvalue weighted by atomic mass is 10.2. The van der Waals surface area contributed by atoms with Gasteiger partial charge in [-0.15, -0.1) is 0 Å². The topological polar surface area (TPSA) is 53.1 Å². The van der Waals surface area contributed by atoms with Gasteiger partial charge in [-0.1, -0.05) is 13.8 Å². The van der Waals surface area contributed by atoms with Gasteiger partial charge >= 0.3 is 0 Å². The van der Waals surface area contributed by atoms with Crippen molar-refractivity contribution in [3.05, 3.63) is 11.9 Å². The number of hydrogen-bond acceptors (Lipinski definition) is 5. The van der Waals surface area contributed by atoms with Gasteiger partial charge < -0.3 is 15.5 Å². The highest BCUT2D eigenvalue weighted by Crippen LogP contribution is 2.11. The molecule has 0 aromatic carbocycles. The summed E-state index contributed by atoms with van der Waals surface area (Å²) in [4.78, 5) is 11.3. The lowest BCUT2D eigenvalue weighted by Gasteiger charge is -2.23. The molecule has 0 aliphatic rings. The van der Waals surface area contributed by atoms with Gasteiger partial charge in [-0.2, -0.15) is 0 Å². The van der Waals surface area contributed by atoms with Crippen LogP contribution in [0.4, 0.5) is 11.6 Å². The molecule has 0 bridgehead atoms. The predicted octanol–water partition coefficient (Wildman–Crippen LogP) is 2.61. The zero-order valence-electron chi connectivity index (χ0n) is 13.5. The van der Waals surface area contributed by atoms with Crippen LogP contribution in [0.2, 0.25) is 0 Å². The van der Waals surface area contributed by atoms with Crippen LogP contribution < -0.4 is 10.6 Å². The summed E-state index contributed by atoms with van der Waals surface area (Å²) in [5.74, 6) is 2.68. The van der Waals surface area contributed by atoms with E-state index in [9.17, 15) is 0 Å². The van der Waals surface area contributed by atoms with Crippen LogP contribution in [0.5, 0.6) is 0 Å². The summed E-state index contributed by atoms with van der Waals surface area (Å²) in [5.41, 5.74) is 0. The van der Waals surface area contributed by atoms with Gasteiger partial charge in [0.15, 0.2) is 0 Å². The average molecular weight is 279 g/mol. The fourth-order valence-corrected chi connectivity index (χ4v) is 1.91. The second-order valence-corrected chi connectivity index (χ2v) is 5.10. The Morgan fingerprint density at radius 1 is 1.15 bits per heavy atom. The number of aryl methyl sites for hydroxylation is 1. The Balaban J connectivity index is 2.56. The largest absolute Gasteiger partial charge is 0.370 e. The number of aromatic nitrogens is 2. The van der Waals surface area contributed by atoms with E-state index in [2.05, 4.69) is 60.2 Å². The summed E-state index contributed by atoms with van der Waals surface area (Å²) in [7, 11) is 2.16. The Bertz CT molecular complexity index is 394. The summed E-state index contributed by atoms with van der Waals surface area (Å²) >= 11 is 0. The Morgan fingerprint density at radius 3 is 2.35 bits per heavy atom. The molecule has 0 radical (unpaired) electrons. The van der Waals surface area contributed by atoms with Gasteiger partial charge in [0.1, 0.15) is 17.5 Å². The smallest absolute Gasteiger partial charge is 0.132 e. The third-order valence-corrected chi connectivity index (χ3v) is 3.56. The van der Waals surface area contributed by atoms with E-state index in [4.69, 9.17) is 0 Å². The van der Waals surface area contributed by atoms with Gasteiger partial charge in [-0.25, -0.2) is 9.97 Å². The van der Waals surface area contributed by atoms with E-state index < -0.39 is 0 Å². The van der Waals surface area contributed by atoms with Crippen LogP contribution >= 0.6 is 0 Å². The van der Waals surface area contributed by atoms with Crippen LogP contribution in [-0.2, 0) is 6.42 Å². The molecule has 0 fully saturated rings. The number of likely N-dealkylation sites (N-methyl/N-ethyl adjacent to an activating group) is 1. The summed E-state index contributed by atoms with van der Waals surface area (Å²) in [5, 5.41) is 6.64. The standard InChI is InChI=1S/C15H29N5/c1-6-12(4)20(5)10-9-17-15-11-14(16-8-3)18-13(7-2)19-15/h11-12H,6-10H2,1-5H3,(H2,16,17,18,19). The molecule has 20 heavy (non-hydrogen) atoms. The Hall–Kier alpha value is -1.36. The van der Waals surface area contributed by atoms with Crippen molar-refractivity contribution >= 4 is 11.6 Å². The number of nitrogens with zero attached hydrogens (tertiary/aromatic N) is 3. The Labute approximate surface area is 123 Å². The molecule has 0 saturated heterocycles. The Morgan fingerprint density at radius 2 is 1.80 bits per heavy atom. The first kappa shape index (κ1) is 16.7. The summed E-state index contributed by atoms with van der Waals surface area (Å²) in [6.07, 6.45) is 2.02. The molecule has 1 heterocycles. The quantitative estimate of drug-likeness (QED) is 0.728. The van der Waals surface area contributed by atoms with E-state index in [0.717, 1.165) is 43.5 Å². The first-order chi connectivity index (χ1) is 9.60. The van der Waals surface area contributed by atoms with Crippen molar-refractivity contribution in [3.63, 3.8) is 0 Å². The SMILES string of the molecule is CCNc1cc(NCCN(C)C(C)CC)nc(CC)n1. The third-order valence-electron chi connectivity index (χ3n) is 3.56. The fourth-order valence-electron chi connectivity index (χ4n) is 1.91. The van der Waals surface area contributed by atoms with Gasteiger partial charge in [0, 0.05) is 38.2 Å². The molecular weight excluding hydrogens is 250 g/mol. The Kier molecular flexibility index (Phi) is 7.30. The van der Waals surface area contributed by atoms with Gasteiger partial charge in [0.25, 0.3) is 0 Å². The van der Waals surface area contributed by atoms with Crippen molar-refractivity contribution in [2.45, 2.75) is 46.6 Å². The van der Waals surface area contributed by atoms with Crippen molar-refractivity contribution < 1.29 is 0 Å². The summed E-state index contributed by atoms with van der Waals surface area (Å²) in [6.45, 7) is 11.4. The highest BCUT2D eigenvalue weighted by molar-refractivity contribution is 5.47. The van der Waals surface area contributed by atoms with Gasteiger partial charge in [-0.3, -0.25) is 0 Å². The number of hydrogen-bond donors (Lipinski definition) is 2. The molecule has 0 spiro atoms. The second kappa shape index (κ2) is 8.74. The molecule has 1 atom stereocenters. The minimum Gasteiger partial charge on any atom is -0.370 e. The van der Waals surface area contributed by atoms with Crippen molar-refractivity contribution in [3.8, 4) is 0 Å². The van der Waals surface area contributed by atoms with Crippen LogP contribution in [0.25, 0.3) is 0 Å². The first-order valence-corrected chi connectivity index (χ1v) is 7.66. The molecule has 1 aromatic heterocycles. The van der Waals surface area contributed by atoms with Crippen molar-refractivity contribution in [1.29, 1.82) is 0 Å². The average Bonchev–Trinajstić information content (AvgIpc) is 2.46. The zero-order chi connectivity index (χ0) is 15.0. The van der Waals surface area contributed by atoms with E-state index in [-0.39, 0.29) is 0 Å². The second-order valence-electron chi connectivity index (χ2n) is 5.10. The molecular formula is C15H29N5. The van der Waals surface area contributed by atoms with Crippen LogP contribution in [0.1, 0.15) is 39.9 Å². The molecule has 2 N–H and O–H groups in total. The molecule has 0 saturated carbocycles. The van der Waals surface area contributed by atoms with Crippen LogP contribution in [0.15, 0.2) is 6.07 Å². The normalized spacial score (nSPS) is 12.5. The minimum absolute atomic E-state index is 0.616. The zero-order valence-corrected chi connectivity index (χ0v) is 13.5. The molecule has 0 amide bonds. The van der Waals surface area contributed by atoms with Crippen LogP contribution in [0.3, 0.4) is 0 Å². The van der Waals surface area contributed by atoms with Crippen molar-refractivity contribution in [2.75, 3.05) is 37.3 Å². The maximum Gasteiger partial charge on any atom is 0.132 e.